The van der Waals surface area contributed by atoms with E-state index in [2.05, 4.69) is 5.32 Å². The summed E-state index contributed by atoms with van der Waals surface area (Å²) in [5, 5.41) is 14.2. The Balaban J connectivity index is 2.06. The highest BCUT2D eigenvalue weighted by Gasteiger charge is 2.15. The summed E-state index contributed by atoms with van der Waals surface area (Å²) in [5.74, 6) is 1.09. The monoisotopic (exact) mass is 276 g/mol. The quantitative estimate of drug-likeness (QED) is 0.648. The van der Waals surface area contributed by atoms with E-state index in [0.29, 0.717) is 6.54 Å². The number of nitro benzene ring substituents is 1. The third-order valence-corrected chi connectivity index (χ3v) is 3.02. The van der Waals surface area contributed by atoms with Gasteiger partial charge in [-0.05, 0) is 30.7 Å². The van der Waals surface area contributed by atoms with Crippen molar-refractivity contribution in [1.82, 2.24) is 5.32 Å². The maximum absolute atomic E-state index is 10.9. The molecule has 1 aromatic heterocycles. The minimum Gasteiger partial charge on any atom is -0.490 e. The molecule has 0 spiro atoms. The highest BCUT2D eigenvalue weighted by atomic mass is 16.6. The van der Waals surface area contributed by atoms with Gasteiger partial charge in [-0.25, -0.2) is 0 Å². The summed E-state index contributed by atoms with van der Waals surface area (Å²) >= 11 is 0. The highest BCUT2D eigenvalue weighted by Crippen LogP contribution is 2.27. The Morgan fingerprint density at radius 2 is 2.25 bits per heavy atom. The van der Waals surface area contributed by atoms with Gasteiger partial charge in [0.05, 0.1) is 24.3 Å². The van der Waals surface area contributed by atoms with Gasteiger partial charge >= 0.3 is 5.69 Å². The Bertz CT molecular complexity index is 581. The molecule has 6 heteroatoms. The van der Waals surface area contributed by atoms with Gasteiger partial charge in [-0.1, -0.05) is 6.07 Å². The van der Waals surface area contributed by atoms with Crippen LogP contribution in [0.25, 0.3) is 0 Å². The highest BCUT2D eigenvalue weighted by molar-refractivity contribution is 5.48. The first kappa shape index (κ1) is 14.1. The van der Waals surface area contributed by atoms with Crippen LogP contribution in [-0.4, -0.2) is 12.0 Å². The van der Waals surface area contributed by atoms with Crippen molar-refractivity contribution in [3.63, 3.8) is 0 Å². The molecule has 106 valence electrons. The predicted molar refractivity (Wildman–Crippen MR) is 73.6 cm³/mol. The first-order chi connectivity index (χ1) is 9.61. The third-order valence-electron chi connectivity index (χ3n) is 3.02. The summed E-state index contributed by atoms with van der Waals surface area (Å²) in [6, 6.07) is 8.66. The van der Waals surface area contributed by atoms with Crippen molar-refractivity contribution in [3.05, 3.63) is 58.0 Å². The zero-order chi connectivity index (χ0) is 14.5. The van der Waals surface area contributed by atoms with Gasteiger partial charge in [-0.2, -0.15) is 0 Å². The van der Waals surface area contributed by atoms with E-state index in [-0.39, 0.29) is 17.5 Å². The number of methoxy groups -OCH3 is 1. The number of nitro groups is 1. The average molecular weight is 276 g/mol. The molecule has 0 aliphatic heterocycles. The number of ether oxygens (including phenoxy) is 1. The van der Waals surface area contributed by atoms with Crippen molar-refractivity contribution in [1.29, 1.82) is 0 Å². The van der Waals surface area contributed by atoms with Crippen molar-refractivity contribution < 1.29 is 14.1 Å². The van der Waals surface area contributed by atoms with Gasteiger partial charge in [0.25, 0.3) is 0 Å². The summed E-state index contributed by atoms with van der Waals surface area (Å²) in [5.41, 5.74) is 0.786. The lowest BCUT2D eigenvalue weighted by molar-refractivity contribution is -0.385. The van der Waals surface area contributed by atoms with Crippen LogP contribution in [0.15, 0.2) is 41.0 Å². The van der Waals surface area contributed by atoms with E-state index in [1.165, 1.54) is 13.2 Å². The van der Waals surface area contributed by atoms with Crippen LogP contribution in [0.1, 0.15) is 24.3 Å². The maximum atomic E-state index is 10.9. The maximum Gasteiger partial charge on any atom is 0.311 e. The molecule has 0 aliphatic rings. The summed E-state index contributed by atoms with van der Waals surface area (Å²) < 4.78 is 10.3. The summed E-state index contributed by atoms with van der Waals surface area (Å²) in [6.45, 7) is 2.48. The van der Waals surface area contributed by atoms with Crippen molar-refractivity contribution in [2.45, 2.75) is 19.5 Å². The molecular formula is C14H16N2O4. The van der Waals surface area contributed by atoms with Crippen LogP contribution >= 0.6 is 0 Å². The smallest absolute Gasteiger partial charge is 0.311 e. The van der Waals surface area contributed by atoms with E-state index >= 15 is 0 Å². The Kier molecular flexibility index (Phi) is 4.37. The van der Waals surface area contributed by atoms with E-state index < -0.39 is 4.92 Å². The number of hydrogen-bond acceptors (Lipinski definition) is 5. The van der Waals surface area contributed by atoms with E-state index in [9.17, 15) is 10.1 Å². The topological polar surface area (TPSA) is 77.5 Å². The van der Waals surface area contributed by atoms with Crippen LogP contribution in [0.4, 0.5) is 5.69 Å². The van der Waals surface area contributed by atoms with Crippen LogP contribution in [0, 0.1) is 10.1 Å². The average Bonchev–Trinajstić information content (AvgIpc) is 2.98. The predicted octanol–water partition coefficient (Wildman–Crippen LogP) is 3.05. The summed E-state index contributed by atoms with van der Waals surface area (Å²) in [7, 11) is 1.42. The number of rotatable bonds is 6. The summed E-state index contributed by atoms with van der Waals surface area (Å²) in [6.07, 6.45) is 1.62. The molecule has 0 saturated carbocycles. The molecule has 2 rings (SSSR count). The van der Waals surface area contributed by atoms with Gasteiger partial charge in [-0.15, -0.1) is 0 Å². The first-order valence-electron chi connectivity index (χ1n) is 6.20. The second-order valence-electron chi connectivity index (χ2n) is 4.38. The molecule has 6 nitrogen and oxygen atoms in total. The fraction of sp³-hybridized carbons (Fsp3) is 0.286. The third kappa shape index (κ3) is 3.16. The number of nitrogens with zero attached hydrogens (tertiary/aromatic N) is 1. The van der Waals surface area contributed by atoms with Crippen molar-refractivity contribution in [3.8, 4) is 5.75 Å². The first-order valence-corrected chi connectivity index (χ1v) is 6.20. The molecule has 1 aromatic carbocycles. The zero-order valence-corrected chi connectivity index (χ0v) is 11.3. The molecule has 0 aliphatic carbocycles. The zero-order valence-electron chi connectivity index (χ0n) is 11.3. The van der Waals surface area contributed by atoms with Crippen LogP contribution in [0.3, 0.4) is 0 Å². The molecule has 0 amide bonds. The van der Waals surface area contributed by atoms with E-state index in [0.717, 1.165) is 11.3 Å². The van der Waals surface area contributed by atoms with Crippen LogP contribution < -0.4 is 10.1 Å². The molecule has 20 heavy (non-hydrogen) atoms. The van der Waals surface area contributed by atoms with E-state index in [1.807, 2.05) is 19.1 Å². The van der Waals surface area contributed by atoms with Gasteiger partial charge < -0.3 is 14.5 Å². The minimum absolute atomic E-state index is 0.0301. The lowest BCUT2D eigenvalue weighted by atomic mass is 10.1. The van der Waals surface area contributed by atoms with E-state index in [1.54, 1.807) is 18.4 Å². The molecule has 1 N–H and O–H groups in total. The molecule has 1 atom stereocenters. The lowest BCUT2D eigenvalue weighted by Gasteiger charge is -2.11. The van der Waals surface area contributed by atoms with Gasteiger partial charge in [0.15, 0.2) is 5.75 Å². The molecule has 2 aromatic rings. The van der Waals surface area contributed by atoms with Crippen LogP contribution in [0.2, 0.25) is 0 Å². The largest absolute Gasteiger partial charge is 0.490 e. The fourth-order valence-electron chi connectivity index (χ4n) is 1.90. The Morgan fingerprint density at radius 3 is 2.85 bits per heavy atom. The van der Waals surface area contributed by atoms with Gasteiger partial charge in [0, 0.05) is 12.6 Å². The lowest BCUT2D eigenvalue weighted by Crippen LogP contribution is -2.17. The number of hydrogen-bond donors (Lipinski definition) is 1. The van der Waals surface area contributed by atoms with Crippen LogP contribution in [-0.2, 0) is 6.54 Å². The van der Waals surface area contributed by atoms with Crippen molar-refractivity contribution in [2.75, 3.05) is 7.11 Å². The SMILES string of the molecule is COc1ccc(CN[C@@H](C)c2ccco2)cc1[N+](=O)[O-]. The number of nitrogens with one attached hydrogen (secondary N) is 1. The molecule has 0 bridgehead atoms. The van der Waals surface area contributed by atoms with Crippen LogP contribution in [0.5, 0.6) is 5.75 Å². The molecule has 1 heterocycles. The normalized spacial score (nSPS) is 12.1. The molecular weight excluding hydrogens is 260 g/mol. The van der Waals surface area contributed by atoms with Crippen molar-refractivity contribution >= 4 is 5.69 Å². The molecule has 0 saturated heterocycles. The molecule has 0 fully saturated rings. The molecule has 0 unspecified atom stereocenters. The standard InChI is InChI=1S/C14H16N2O4/c1-10(13-4-3-7-20-13)15-9-11-5-6-14(19-2)12(8-11)16(17)18/h3-8,10,15H,9H2,1-2H3/t10-/m0/s1. The van der Waals surface area contributed by atoms with E-state index in [4.69, 9.17) is 9.15 Å². The molecule has 0 radical (unpaired) electrons. The Morgan fingerprint density at radius 1 is 1.45 bits per heavy atom. The summed E-state index contributed by atoms with van der Waals surface area (Å²) in [4.78, 5) is 10.5. The fourth-order valence-corrected chi connectivity index (χ4v) is 1.90. The Labute approximate surface area is 116 Å². The Hall–Kier alpha value is -2.34. The number of benzene rings is 1. The van der Waals surface area contributed by atoms with Crippen molar-refractivity contribution in [2.24, 2.45) is 0 Å². The minimum atomic E-state index is -0.446. The van der Waals surface area contributed by atoms with Gasteiger partial charge in [0.1, 0.15) is 5.76 Å². The van der Waals surface area contributed by atoms with Gasteiger partial charge in [0.2, 0.25) is 0 Å². The second-order valence-corrected chi connectivity index (χ2v) is 4.38. The second kappa shape index (κ2) is 6.21. The number of furan rings is 1. The van der Waals surface area contributed by atoms with Gasteiger partial charge in [-0.3, -0.25) is 10.1 Å².